The van der Waals surface area contributed by atoms with E-state index < -0.39 is 0 Å². The van der Waals surface area contributed by atoms with E-state index in [1.807, 2.05) is 11.8 Å². The van der Waals surface area contributed by atoms with Crippen LogP contribution < -0.4 is 0 Å². The van der Waals surface area contributed by atoms with Crippen LogP contribution in [0.5, 0.6) is 0 Å². The summed E-state index contributed by atoms with van der Waals surface area (Å²) in [6.45, 7) is 8.01. The zero-order chi connectivity index (χ0) is 18.7. The number of piperidine rings is 2. The molecule has 3 aliphatic heterocycles. The number of hydrogen-bond acceptors (Lipinski definition) is 5. The highest BCUT2D eigenvalue weighted by molar-refractivity contribution is 5.92. The molecule has 148 valence electrons. The maximum Gasteiger partial charge on any atom is 0.274 e. The van der Waals surface area contributed by atoms with Gasteiger partial charge in [-0.1, -0.05) is 0 Å². The van der Waals surface area contributed by atoms with Crippen LogP contribution in [0.3, 0.4) is 0 Å². The Labute approximate surface area is 162 Å². The first kappa shape index (κ1) is 18.8. The lowest BCUT2D eigenvalue weighted by Crippen LogP contribution is -2.49. The van der Waals surface area contributed by atoms with E-state index in [0.717, 1.165) is 51.3 Å². The minimum absolute atomic E-state index is 0.0234. The molecule has 4 rings (SSSR count). The summed E-state index contributed by atoms with van der Waals surface area (Å²) < 4.78 is 6.15. The molecule has 1 amide bonds. The molecule has 0 unspecified atom stereocenters. The van der Waals surface area contributed by atoms with E-state index in [-0.39, 0.29) is 11.5 Å². The molecule has 0 radical (unpaired) electrons. The highest BCUT2D eigenvalue weighted by Gasteiger charge is 2.37. The van der Waals surface area contributed by atoms with E-state index >= 15 is 0 Å². The lowest BCUT2D eigenvalue weighted by Gasteiger charge is -2.45. The molecule has 4 heterocycles. The molecule has 1 aromatic rings. The fraction of sp³-hybridized carbons (Fsp3) is 0.762. The number of rotatable bonds is 3. The SMILES string of the molecule is Cc1cnc(C(=O)N2CCC(CN3CCC4(CCCCO4)CC3)CC2)cn1. The quantitative estimate of drug-likeness (QED) is 0.816. The van der Waals surface area contributed by atoms with Gasteiger partial charge in [0.25, 0.3) is 5.91 Å². The molecular formula is C21H32N4O2. The van der Waals surface area contributed by atoms with Crippen molar-refractivity contribution < 1.29 is 9.53 Å². The third-order valence-corrected chi connectivity index (χ3v) is 6.62. The van der Waals surface area contributed by atoms with Crippen molar-refractivity contribution in [2.75, 3.05) is 39.3 Å². The number of aryl methyl sites for hydroxylation is 1. The minimum atomic E-state index is 0.0234. The largest absolute Gasteiger partial charge is 0.375 e. The Kier molecular flexibility index (Phi) is 5.74. The van der Waals surface area contributed by atoms with E-state index in [0.29, 0.717) is 11.6 Å². The highest BCUT2D eigenvalue weighted by atomic mass is 16.5. The molecule has 3 aliphatic rings. The molecule has 6 nitrogen and oxygen atoms in total. The second-order valence-corrected chi connectivity index (χ2v) is 8.57. The molecule has 3 saturated heterocycles. The van der Waals surface area contributed by atoms with Crippen molar-refractivity contribution in [3.8, 4) is 0 Å². The summed E-state index contributed by atoms with van der Waals surface area (Å²) in [7, 11) is 0. The van der Waals surface area contributed by atoms with Crippen LogP contribution in [0.15, 0.2) is 12.4 Å². The van der Waals surface area contributed by atoms with Crippen molar-refractivity contribution >= 4 is 5.91 Å². The predicted molar refractivity (Wildman–Crippen MR) is 104 cm³/mol. The second-order valence-electron chi connectivity index (χ2n) is 8.57. The van der Waals surface area contributed by atoms with Crippen molar-refractivity contribution in [3.63, 3.8) is 0 Å². The number of ether oxygens (including phenoxy) is 1. The fourth-order valence-corrected chi connectivity index (χ4v) is 4.80. The topological polar surface area (TPSA) is 58.6 Å². The van der Waals surface area contributed by atoms with Gasteiger partial charge >= 0.3 is 0 Å². The molecule has 0 aromatic carbocycles. The Hall–Kier alpha value is -1.53. The number of carbonyl (C=O) groups is 1. The minimum Gasteiger partial charge on any atom is -0.375 e. The molecule has 3 fully saturated rings. The average Bonchev–Trinajstić information content (AvgIpc) is 2.71. The lowest BCUT2D eigenvalue weighted by molar-refractivity contribution is -0.112. The van der Waals surface area contributed by atoms with Gasteiger partial charge in [0.15, 0.2) is 0 Å². The van der Waals surface area contributed by atoms with Gasteiger partial charge in [-0.25, -0.2) is 4.98 Å². The molecule has 1 spiro atoms. The second kappa shape index (κ2) is 8.23. The van der Waals surface area contributed by atoms with Crippen LogP contribution in [0.2, 0.25) is 0 Å². The Balaban J connectivity index is 1.22. The van der Waals surface area contributed by atoms with E-state index in [1.54, 1.807) is 12.4 Å². The Morgan fingerprint density at radius 2 is 1.89 bits per heavy atom. The van der Waals surface area contributed by atoms with Gasteiger partial charge in [0.2, 0.25) is 0 Å². The first-order valence-electron chi connectivity index (χ1n) is 10.6. The van der Waals surface area contributed by atoms with Crippen LogP contribution in [0.1, 0.15) is 61.1 Å². The van der Waals surface area contributed by atoms with Crippen LogP contribution in [-0.4, -0.2) is 70.6 Å². The van der Waals surface area contributed by atoms with Crippen molar-refractivity contribution in [2.24, 2.45) is 5.92 Å². The summed E-state index contributed by atoms with van der Waals surface area (Å²) >= 11 is 0. The van der Waals surface area contributed by atoms with E-state index in [9.17, 15) is 4.79 Å². The molecule has 0 saturated carbocycles. The Bertz CT molecular complexity index is 624. The zero-order valence-electron chi connectivity index (χ0n) is 16.5. The van der Waals surface area contributed by atoms with Gasteiger partial charge in [-0.05, 0) is 57.8 Å². The summed E-state index contributed by atoms with van der Waals surface area (Å²) in [5, 5.41) is 0. The van der Waals surface area contributed by atoms with Gasteiger partial charge in [0.05, 0.1) is 17.5 Å². The fourth-order valence-electron chi connectivity index (χ4n) is 4.80. The molecule has 0 atom stereocenters. The third-order valence-electron chi connectivity index (χ3n) is 6.62. The van der Waals surface area contributed by atoms with E-state index in [2.05, 4.69) is 14.9 Å². The first-order chi connectivity index (χ1) is 13.1. The summed E-state index contributed by atoms with van der Waals surface area (Å²) in [6, 6.07) is 0. The monoisotopic (exact) mass is 372 g/mol. The maximum absolute atomic E-state index is 12.6. The molecular weight excluding hydrogens is 340 g/mol. The third kappa shape index (κ3) is 4.49. The van der Waals surface area contributed by atoms with Crippen LogP contribution >= 0.6 is 0 Å². The zero-order valence-corrected chi connectivity index (χ0v) is 16.5. The number of likely N-dealkylation sites (tertiary alicyclic amines) is 2. The van der Waals surface area contributed by atoms with Gasteiger partial charge in [-0.3, -0.25) is 9.78 Å². The first-order valence-corrected chi connectivity index (χ1v) is 10.6. The molecule has 0 bridgehead atoms. The van der Waals surface area contributed by atoms with E-state index in [4.69, 9.17) is 4.74 Å². The summed E-state index contributed by atoms with van der Waals surface area (Å²) in [5.41, 5.74) is 1.50. The molecule has 1 aromatic heterocycles. The molecule has 0 N–H and O–H groups in total. The number of hydrogen-bond donors (Lipinski definition) is 0. The lowest BCUT2D eigenvalue weighted by atomic mass is 9.84. The van der Waals surface area contributed by atoms with Crippen molar-refractivity contribution in [3.05, 3.63) is 23.8 Å². The van der Waals surface area contributed by atoms with Gasteiger partial charge < -0.3 is 14.5 Å². The van der Waals surface area contributed by atoms with Crippen molar-refractivity contribution in [1.82, 2.24) is 19.8 Å². The number of carbonyl (C=O) groups excluding carboxylic acids is 1. The maximum atomic E-state index is 12.6. The smallest absolute Gasteiger partial charge is 0.274 e. The summed E-state index contributed by atoms with van der Waals surface area (Å²) in [6.07, 6.45) is 11.6. The van der Waals surface area contributed by atoms with Crippen molar-refractivity contribution in [2.45, 2.75) is 57.5 Å². The van der Waals surface area contributed by atoms with Crippen LogP contribution in [-0.2, 0) is 4.74 Å². The standard InChI is InChI=1S/C21H32N4O2/c1-17-14-23-19(15-22-17)20(26)25-9-4-18(5-10-25)16-24-11-7-21(8-12-24)6-2-3-13-27-21/h14-15,18H,2-13,16H2,1H3. The van der Waals surface area contributed by atoms with Crippen molar-refractivity contribution in [1.29, 1.82) is 0 Å². The highest BCUT2D eigenvalue weighted by Crippen LogP contribution is 2.35. The van der Waals surface area contributed by atoms with Gasteiger partial charge in [-0.2, -0.15) is 0 Å². The number of aromatic nitrogens is 2. The molecule has 6 heteroatoms. The Morgan fingerprint density at radius 1 is 1.11 bits per heavy atom. The van der Waals surface area contributed by atoms with Gasteiger partial charge in [0.1, 0.15) is 5.69 Å². The normalized spacial score (nSPS) is 24.3. The van der Waals surface area contributed by atoms with Crippen LogP contribution in [0.4, 0.5) is 0 Å². The number of amides is 1. The summed E-state index contributed by atoms with van der Waals surface area (Å²) in [5.74, 6) is 0.717. The van der Waals surface area contributed by atoms with Crippen LogP contribution in [0.25, 0.3) is 0 Å². The molecule has 0 aliphatic carbocycles. The average molecular weight is 373 g/mol. The predicted octanol–water partition coefficient (Wildman–Crippen LogP) is 2.67. The van der Waals surface area contributed by atoms with Crippen LogP contribution in [0, 0.1) is 12.8 Å². The van der Waals surface area contributed by atoms with Gasteiger partial charge in [0, 0.05) is 45.5 Å². The Morgan fingerprint density at radius 3 is 2.52 bits per heavy atom. The summed E-state index contributed by atoms with van der Waals surface area (Å²) in [4.78, 5) is 25.6. The van der Waals surface area contributed by atoms with Gasteiger partial charge in [-0.15, -0.1) is 0 Å². The number of nitrogens with zero attached hydrogens (tertiary/aromatic N) is 4. The van der Waals surface area contributed by atoms with E-state index in [1.165, 1.54) is 38.6 Å². The molecule has 27 heavy (non-hydrogen) atoms.